The minimum absolute atomic E-state index is 0.188. The van der Waals surface area contributed by atoms with Gasteiger partial charge in [-0.3, -0.25) is 4.79 Å². The number of ether oxygens (including phenoxy) is 7. The predicted molar refractivity (Wildman–Crippen MR) is 188 cm³/mol. The maximum Gasteiger partial charge on any atom is 0.305 e. The molecule has 0 heterocycles. The lowest BCUT2D eigenvalue weighted by atomic mass is 9.76. The number of aliphatic hydroxyl groups is 1. The van der Waals surface area contributed by atoms with E-state index >= 15 is 0 Å². The van der Waals surface area contributed by atoms with Crippen LogP contribution in [0.5, 0.6) is 5.75 Å². The van der Waals surface area contributed by atoms with Crippen molar-refractivity contribution in [1.29, 1.82) is 0 Å². The summed E-state index contributed by atoms with van der Waals surface area (Å²) in [5.41, 5.74) is 3.77. The quantitative estimate of drug-likeness (QED) is 0.0527. The van der Waals surface area contributed by atoms with Gasteiger partial charge in [0, 0.05) is 44.8 Å². The molecule has 48 heavy (non-hydrogen) atoms. The fourth-order valence-electron chi connectivity index (χ4n) is 5.46. The Hall–Kier alpha value is -2.79. The van der Waals surface area contributed by atoms with Gasteiger partial charge < -0.3 is 38.3 Å². The van der Waals surface area contributed by atoms with Crippen molar-refractivity contribution in [2.45, 2.75) is 96.6 Å². The van der Waals surface area contributed by atoms with Crippen LogP contribution in [0.1, 0.15) is 76.5 Å². The molecule has 2 rings (SSSR count). The zero-order valence-corrected chi connectivity index (χ0v) is 30.5. The summed E-state index contributed by atoms with van der Waals surface area (Å²) in [4.78, 5) is 11.6. The van der Waals surface area contributed by atoms with Crippen LogP contribution in [0.25, 0.3) is 0 Å². The molecular weight excluding hydrogens is 612 g/mol. The highest BCUT2D eigenvalue weighted by Gasteiger charge is 2.33. The van der Waals surface area contributed by atoms with Gasteiger partial charge in [0.1, 0.15) is 12.5 Å². The Morgan fingerprint density at radius 3 is 2.35 bits per heavy atom. The van der Waals surface area contributed by atoms with Crippen molar-refractivity contribution in [1.82, 2.24) is 0 Å². The fraction of sp³-hybridized carbons (Fsp3) is 0.615. The minimum atomic E-state index is -0.672. The molecule has 0 bridgehead atoms. The first-order valence-corrected chi connectivity index (χ1v) is 17.0. The summed E-state index contributed by atoms with van der Waals surface area (Å²) < 4.78 is 38.9. The number of aryl methyl sites for hydroxylation is 1. The van der Waals surface area contributed by atoms with Crippen LogP contribution in [-0.4, -0.2) is 84.4 Å². The summed E-state index contributed by atoms with van der Waals surface area (Å²) in [6.07, 6.45) is 4.84. The van der Waals surface area contributed by atoms with Crippen molar-refractivity contribution in [3.8, 4) is 5.75 Å². The van der Waals surface area contributed by atoms with E-state index in [1.165, 1.54) is 7.11 Å². The number of carbonyl (C=O) groups is 1. The zero-order valence-electron chi connectivity index (χ0n) is 30.5. The molecule has 4 atom stereocenters. The van der Waals surface area contributed by atoms with Gasteiger partial charge in [-0.1, -0.05) is 63.2 Å². The maximum absolute atomic E-state index is 11.6. The van der Waals surface area contributed by atoms with Crippen LogP contribution < -0.4 is 4.74 Å². The van der Waals surface area contributed by atoms with E-state index in [0.29, 0.717) is 52.1 Å². The van der Waals surface area contributed by atoms with Gasteiger partial charge in [0.2, 0.25) is 0 Å². The number of benzene rings is 2. The van der Waals surface area contributed by atoms with Crippen LogP contribution >= 0.6 is 0 Å². The molecule has 0 aliphatic carbocycles. The Morgan fingerprint density at radius 1 is 0.958 bits per heavy atom. The highest BCUT2D eigenvalue weighted by molar-refractivity contribution is 5.69. The molecule has 0 aliphatic heterocycles. The second-order valence-electron chi connectivity index (χ2n) is 12.8. The van der Waals surface area contributed by atoms with Crippen LogP contribution in [0.4, 0.5) is 0 Å². The number of carbonyl (C=O) groups excluding carboxylic acids is 1. The van der Waals surface area contributed by atoms with Gasteiger partial charge in [-0.15, -0.1) is 0 Å². The highest BCUT2D eigenvalue weighted by Crippen LogP contribution is 2.32. The summed E-state index contributed by atoms with van der Waals surface area (Å²) in [5, 5.41) is 11.6. The molecular formula is C39H60O9. The monoisotopic (exact) mass is 672 g/mol. The molecule has 0 aromatic heterocycles. The van der Waals surface area contributed by atoms with Crippen LogP contribution in [0.2, 0.25) is 0 Å². The Morgan fingerprint density at radius 2 is 1.71 bits per heavy atom. The van der Waals surface area contributed by atoms with Crippen LogP contribution in [-0.2, 0) is 51.7 Å². The molecule has 0 saturated heterocycles. The number of hydrogen-bond acceptors (Lipinski definition) is 9. The van der Waals surface area contributed by atoms with Gasteiger partial charge in [-0.2, -0.15) is 0 Å². The minimum Gasteiger partial charge on any atom is -0.497 e. The van der Waals surface area contributed by atoms with E-state index in [9.17, 15) is 9.90 Å². The molecule has 1 N–H and O–H groups in total. The maximum atomic E-state index is 11.6. The largest absolute Gasteiger partial charge is 0.497 e. The zero-order chi connectivity index (χ0) is 35.4. The first-order chi connectivity index (χ1) is 23.1. The molecule has 0 radical (unpaired) electrons. The average molecular weight is 673 g/mol. The molecule has 0 unspecified atom stereocenters. The van der Waals surface area contributed by atoms with E-state index in [0.717, 1.165) is 40.9 Å². The summed E-state index contributed by atoms with van der Waals surface area (Å²) in [6.45, 7) is 10.6. The second-order valence-corrected chi connectivity index (χ2v) is 12.8. The highest BCUT2D eigenvalue weighted by atomic mass is 16.7. The smallest absolute Gasteiger partial charge is 0.305 e. The number of hydrogen-bond donors (Lipinski definition) is 1. The summed E-state index contributed by atoms with van der Waals surface area (Å²) in [7, 11) is 6.40. The third-order valence-corrected chi connectivity index (χ3v) is 8.95. The average Bonchev–Trinajstić information content (AvgIpc) is 3.10. The van der Waals surface area contributed by atoms with Gasteiger partial charge in [0.15, 0.2) is 0 Å². The summed E-state index contributed by atoms with van der Waals surface area (Å²) in [6, 6.07) is 16.1. The normalized spacial score (nSPS) is 14.7. The van der Waals surface area contributed by atoms with Gasteiger partial charge >= 0.3 is 5.97 Å². The van der Waals surface area contributed by atoms with E-state index in [1.54, 1.807) is 21.3 Å². The molecule has 9 heteroatoms. The molecule has 0 fully saturated rings. The first-order valence-electron chi connectivity index (χ1n) is 17.0. The third-order valence-electron chi connectivity index (χ3n) is 8.95. The van der Waals surface area contributed by atoms with E-state index < -0.39 is 11.5 Å². The van der Waals surface area contributed by atoms with Crippen molar-refractivity contribution in [3.63, 3.8) is 0 Å². The van der Waals surface area contributed by atoms with E-state index in [4.69, 9.17) is 33.2 Å². The number of methoxy groups -OCH3 is 4. The lowest BCUT2D eigenvalue weighted by Gasteiger charge is -2.34. The fourth-order valence-corrected chi connectivity index (χ4v) is 5.46. The van der Waals surface area contributed by atoms with Crippen LogP contribution in [0.3, 0.4) is 0 Å². The van der Waals surface area contributed by atoms with Crippen LogP contribution in [0, 0.1) is 5.92 Å². The van der Waals surface area contributed by atoms with Gasteiger partial charge in [0.05, 0.1) is 59.0 Å². The number of aliphatic hydroxyl groups excluding tert-OH is 1. The van der Waals surface area contributed by atoms with Crippen molar-refractivity contribution in [3.05, 3.63) is 76.9 Å². The second kappa shape index (κ2) is 22.8. The molecule has 9 nitrogen and oxygen atoms in total. The lowest BCUT2D eigenvalue weighted by Crippen LogP contribution is -2.38. The van der Waals surface area contributed by atoms with Crippen molar-refractivity contribution in [2.75, 3.05) is 55.1 Å². The van der Waals surface area contributed by atoms with Gasteiger partial charge in [-0.25, -0.2) is 0 Å². The number of rotatable bonds is 25. The molecule has 0 saturated carbocycles. The standard InChI is InChI=1S/C39H60O9/c1-9-30(26-47-28-46-21-20-42-5)22-29(2)36(48-27-32-16-18-34(43-6)19-17-32)24-35(44-7)25-37(40)39(3,4)33-14-10-12-31(23-33)13-11-15-38(41)45-8/h10,12,14,16-19,22-23,30,35-37,40H,9,11,13,15,20-21,24-28H2,1-8H3/b29-22-/t30-,35-,36+,37+/m1/s1. The molecule has 2 aromatic rings. The van der Waals surface area contributed by atoms with Crippen molar-refractivity contribution < 1.29 is 43.1 Å². The molecule has 270 valence electrons. The molecule has 2 aromatic carbocycles. The van der Waals surface area contributed by atoms with Crippen molar-refractivity contribution >= 4 is 5.97 Å². The summed E-state index contributed by atoms with van der Waals surface area (Å²) >= 11 is 0. The number of esters is 1. The molecule has 0 spiro atoms. The lowest BCUT2D eigenvalue weighted by molar-refractivity contribution is -0.140. The van der Waals surface area contributed by atoms with Gasteiger partial charge in [0.25, 0.3) is 0 Å². The Balaban J connectivity index is 2.16. The Kier molecular flexibility index (Phi) is 19.6. The first kappa shape index (κ1) is 41.4. The van der Waals surface area contributed by atoms with Crippen LogP contribution in [0.15, 0.2) is 60.2 Å². The van der Waals surface area contributed by atoms with E-state index in [-0.39, 0.29) is 30.9 Å². The molecule has 0 aliphatic rings. The van der Waals surface area contributed by atoms with E-state index in [1.807, 2.05) is 30.3 Å². The Bertz CT molecular complexity index is 1190. The Labute approximate surface area is 288 Å². The van der Waals surface area contributed by atoms with E-state index in [2.05, 4.69) is 52.0 Å². The van der Waals surface area contributed by atoms with Crippen molar-refractivity contribution in [2.24, 2.45) is 5.92 Å². The summed E-state index contributed by atoms with van der Waals surface area (Å²) in [5.74, 6) is 0.783. The van der Waals surface area contributed by atoms with Gasteiger partial charge in [-0.05, 0) is 60.6 Å². The SMILES string of the molecule is CC[C@H](/C=C(/C)[C@H](C[C@H](C[C@H](O)C(C)(C)c1cccc(CCCC(=O)OC)c1)OC)OCc1ccc(OC)cc1)COCOCCOC. The predicted octanol–water partition coefficient (Wildman–Crippen LogP) is 6.82. The molecule has 0 amide bonds. The topological polar surface area (TPSA) is 102 Å². The third kappa shape index (κ3) is 14.8.